The zero-order valence-corrected chi connectivity index (χ0v) is 25.5. The standard InChI is InChI=1S/C31H33ClN6O4S/c1-22-8-10-25(20-33-22)35-31(39)38(26-6-4-3-5-7-26)27-14-16-37(17-15-27)21-23-9-13-30(34-19-23)42-29-12-11-24(18-28(29)32)36-43(2,40)41/h3-13,18-20,27,36H,14-17,21H2,1-2H3,(H,35,39). The zero-order chi connectivity index (χ0) is 30.4. The summed E-state index contributed by atoms with van der Waals surface area (Å²) in [6.45, 7) is 4.29. The smallest absolute Gasteiger partial charge is 0.326 e. The summed E-state index contributed by atoms with van der Waals surface area (Å²) in [4.78, 5) is 26.4. The highest BCUT2D eigenvalue weighted by Gasteiger charge is 2.29. The average molecular weight is 621 g/mol. The first-order valence-corrected chi connectivity index (χ1v) is 16.1. The highest BCUT2D eigenvalue weighted by Crippen LogP contribution is 2.31. The summed E-state index contributed by atoms with van der Waals surface area (Å²) in [6.07, 6.45) is 6.17. The Hall–Kier alpha value is -4.19. The predicted octanol–water partition coefficient (Wildman–Crippen LogP) is 6.31. The van der Waals surface area contributed by atoms with Crippen molar-refractivity contribution in [1.29, 1.82) is 0 Å². The molecule has 2 N–H and O–H groups in total. The fraction of sp³-hybridized carbons (Fsp3) is 0.258. The van der Waals surface area contributed by atoms with E-state index in [4.69, 9.17) is 16.3 Å². The zero-order valence-electron chi connectivity index (χ0n) is 23.9. The van der Waals surface area contributed by atoms with Crippen LogP contribution < -0.4 is 19.7 Å². The first-order valence-electron chi connectivity index (χ1n) is 13.8. The molecule has 1 fully saturated rings. The van der Waals surface area contributed by atoms with Gasteiger partial charge in [-0.1, -0.05) is 35.9 Å². The second-order valence-corrected chi connectivity index (χ2v) is 12.6. The van der Waals surface area contributed by atoms with Crippen molar-refractivity contribution in [2.45, 2.75) is 32.4 Å². The van der Waals surface area contributed by atoms with Crippen LogP contribution in [-0.2, 0) is 16.6 Å². The van der Waals surface area contributed by atoms with E-state index >= 15 is 0 Å². The van der Waals surface area contributed by atoms with E-state index in [0.717, 1.165) is 55.7 Å². The van der Waals surface area contributed by atoms with Crippen LogP contribution in [0.5, 0.6) is 11.6 Å². The lowest BCUT2D eigenvalue weighted by atomic mass is 10.0. The number of carbonyl (C=O) groups is 1. The van der Waals surface area contributed by atoms with Crippen LogP contribution in [0.25, 0.3) is 0 Å². The van der Waals surface area contributed by atoms with Crippen molar-refractivity contribution in [3.63, 3.8) is 0 Å². The largest absolute Gasteiger partial charge is 0.437 e. The van der Waals surface area contributed by atoms with E-state index in [-0.39, 0.29) is 17.1 Å². The summed E-state index contributed by atoms with van der Waals surface area (Å²) in [5.41, 5.74) is 3.80. The number of pyridine rings is 2. The number of benzene rings is 2. The highest BCUT2D eigenvalue weighted by molar-refractivity contribution is 7.92. The summed E-state index contributed by atoms with van der Waals surface area (Å²) in [6, 6.07) is 21.8. The summed E-state index contributed by atoms with van der Waals surface area (Å²) in [7, 11) is -3.41. The van der Waals surface area contributed by atoms with Crippen molar-refractivity contribution in [3.8, 4) is 11.6 Å². The number of urea groups is 1. The number of amides is 2. The average Bonchev–Trinajstić information content (AvgIpc) is 2.97. The van der Waals surface area contributed by atoms with Crippen LogP contribution in [-0.4, -0.2) is 54.7 Å². The fourth-order valence-corrected chi connectivity index (χ4v) is 5.71. The van der Waals surface area contributed by atoms with Crippen LogP contribution in [0.2, 0.25) is 5.02 Å². The molecule has 0 aliphatic carbocycles. The molecule has 2 aromatic carbocycles. The molecule has 0 atom stereocenters. The molecule has 2 amide bonds. The molecule has 0 bridgehead atoms. The molecule has 1 saturated heterocycles. The van der Waals surface area contributed by atoms with Gasteiger partial charge in [-0.15, -0.1) is 0 Å². The molecule has 1 aliphatic rings. The number of hydrogen-bond acceptors (Lipinski definition) is 7. The molecule has 10 nitrogen and oxygen atoms in total. The Kier molecular flexibility index (Phi) is 9.44. The number of piperidine rings is 1. The van der Waals surface area contributed by atoms with Gasteiger partial charge < -0.3 is 10.1 Å². The third-order valence-electron chi connectivity index (χ3n) is 6.99. The number of ether oxygens (including phenoxy) is 1. The molecule has 3 heterocycles. The van der Waals surface area contributed by atoms with Gasteiger partial charge in [0, 0.05) is 49.3 Å². The normalized spacial score (nSPS) is 14.2. The van der Waals surface area contributed by atoms with E-state index < -0.39 is 10.0 Å². The fourth-order valence-electron chi connectivity index (χ4n) is 4.94. The lowest BCUT2D eigenvalue weighted by Crippen LogP contribution is -2.49. The van der Waals surface area contributed by atoms with Gasteiger partial charge in [-0.25, -0.2) is 18.2 Å². The van der Waals surface area contributed by atoms with E-state index in [2.05, 4.69) is 24.9 Å². The number of rotatable bonds is 9. The Bertz CT molecular complexity index is 1650. The molecular formula is C31H33ClN6O4S. The minimum absolute atomic E-state index is 0.0507. The number of aryl methyl sites for hydroxylation is 1. The SMILES string of the molecule is Cc1ccc(NC(=O)N(c2ccccc2)C2CCN(Cc3ccc(Oc4ccc(NS(C)(=O)=O)cc4Cl)nc3)CC2)cn1. The van der Waals surface area contributed by atoms with Gasteiger partial charge in [0.25, 0.3) is 0 Å². The lowest BCUT2D eigenvalue weighted by Gasteiger charge is -2.38. The quantitative estimate of drug-likeness (QED) is 0.225. The van der Waals surface area contributed by atoms with Gasteiger partial charge in [-0.05, 0) is 67.8 Å². The van der Waals surface area contributed by atoms with Gasteiger partial charge in [0.15, 0.2) is 0 Å². The second kappa shape index (κ2) is 13.4. The topological polar surface area (TPSA) is 117 Å². The monoisotopic (exact) mass is 620 g/mol. The van der Waals surface area contributed by atoms with E-state index in [1.54, 1.807) is 30.6 Å². The molecule has 1 aliphatic heterocycles. The van der Waals surface area contributed by atoms with E-state index in [0.29, 0.717) is 23.0 Å². The summed E-state index contributed by atoms with van der Waals surface area (Å²) < 4.78 is 31.1. The summed E-state index contributed by atoms with van der Waals surface area (Å²) in [5.74, 6) is 0.746. The van der Waals surface area contributed by atoms with Crippen LogP contribution >= 0.6 is 11.6 Å². The van der Waals surface area contributed by atoms with E-state index in [9.17, 15) is 13.2 Å². The highest BCUT2D eigenvalue weighted by atomic mass is 35.5. The number of sulfonamides is 1. The predicted molar refractivity (Wildman–Crippen MR) is 169 cm³/mol. The molecular weight excluding hydrogens is 588 g/mol. The van der Waals surface area contributed by atoms with Crippen LogP contribution in [0.1, 0.15) is 24.1 Å². The van der Waals surface area contributed by atoms with Crippen molar-refractivity contribution >= 4 is 44.7 Å². The third-order valence-corrected chi connectivity index (χ3v) is 7.89. The van der Waals surface area contributed by atoms with Gasteiger partial charge >= 0.3 is 6.03 Å². The molecule has 0 radical (unpaired) electrons. The molecule has 0 unspecified atom stereocenters. The number of halogens is 1. The van der Waals surface area contributed by atoms with Gasteiger partial charge in [0.2, 0.25) is 15.9 Å². The van der Waals surface area contributed by atoms with Crippen molar-refractivity contribution in [1.82, 2.24) is 14.9 Å². The van der Waals surface area contributed by atoms with Crippen LogP contribution in [0, 0.1) is 6.92 Å². The van der Waals surface area contributed by atoms with Crippen LogP contribution in [0.3, 0.4) is 0 Å². The maximum Gasteiger partial charge on any atom is 0.326 e. The Morgan fingerprint density at radius 2 is 1.74 bits per heavy atom. The number of aromatic nitrogens is 2. The number of anilines is 3. The first-order chi connectivity index (χ1) is 20.6. The lowest BCUT2D eigenvalue weighted by molar-refractivity contribution is 0.199. The Balaban J connectivity index is 1.17. The third kappa shape index (κ3) is 8.44. The van der Waals surface area contributed by atoms with Gasteiger partial charge in [0.1, 0.15) is 5.75 Å². The molecule has 5 rings (SSSR count). The number of likely N-dealkylation sites (tertiary alicyclic amines) is 1. The van der Waals surface area contributed by atoms with Gasteiger partial charge in [-0.2, -0.15) is 0 Å². The maximum absolute atomic E-state index is 13.4. The minimum Gasteiger partial charge on any atom is -0.437 e. The maximum atomic E-state index is 13.4. The molecule has 0 saturated carbocycles. The van der Waals surface area contributed by atoms with Crippen molar-refractivity contribution < 1.29 is 17.9 Å². The molecule has 224 valence electrons. The Morgan fingerprint density at radius 3 is 2.37 bits per heavy atom. The molecule has 4 aromatic rings. The van der Waals surface area contributed by atoms with Crippen LogP contribution in [0.4, 0.5) is 21.9 Å². The van der Waals surface area contributed by atoms with Gasteiger partial charge in [0.05, 0.1) is 28.9 Å². The van der Waals surface area contributed by atoms with Crippen molar-refractivity contribution in [2.75, 3.05) is 34.3 Å². The molecule has 2 aromatic heterocycles. The molecule has 0 spiro atoms. The summed E-state index contributed by atoms with van der Waals surface area (Å²) in [5, 5.41) is 3.27. The van der Waals surface area contributed by atoms with Gasteiger partial charge in [-0.3, -0.25) is 19.5 Å². The van der Waals surface area contributed by atoms with E-state index in [1.165, 1.54) is 6.07 Å². The second-order valence-electron chi connectivity index (χ2n) is 10.5. The minimum atomic E-state index is -3.41. The number of nitrogens with zero attached hydrogens (tertiary/aromatic N) is 4. The Morgan fingerprint density at radius 1 is 1.00 bits per heavy atom. The Labute approximate surface area is 256 Å². The van der Waals surface area contributed by atoms with Crippen molar-refractivity contribution in [2.24, 2.45) is 0 Å². The number of nitrogens with one attached hydrogen (secondary N) is 2. The number of carbonyl (C=O) groups excluding carboxylic acids is 1. The number of para-hydroxylation sites is 1. The first kappa shape index (κ1) is 30.3. The van der Waals surface area contributed by atoms with Crippen LogP contribution in [0.15, 0.2) is 85.2 Å². The van der Waals surface area contributed by atoms with E-state index in [1.807, 2.05) is 60.4 Å². The number of hydrogen-bond donors (Lipinski definition) is 2. The summed E-state index contributed by atoms with van der Waals surface area (Å²) >= 11 is 6.28. The molecule has 12 heteroatoms. The molecule has 43 heavy (non-hydrogen) atoms. The van der Waals surface area contributed by atoms with Crippen molar-refractivity contribution in [3.05, 3.63) is 101 Å².